The molecule has 0 fully saturated rings. The molecule has 0 spiro atoms. The zero-order valence-electron chi connectivity index (χ0n) is 11.8. The van der Waals surface area contributed by atoms with Crippen molar-refractivity contribution in [3.63, 3.8) is 0 Å². The largest absolute Gasteiger partial charge is 0.265 e. The normalized spacial score (nSPS) is 12.3. The fourth-order valence-corrected chi connectivity index (χ4v) is 3.34. The lowest BCUT2D eigenvalue weighted by molar-refractivity contribution is -0.481. The van der Waals surface area contributed by atoms with E-state index in [0.717, 1.165) is 34.7 Å². The SMILES string of the molecule is CCCCc1ncc(C(C[N+](=O)[O-])c2ccc(Cl)cc2)s1. The van der Waals surface area contributed by atoms with Crippen LogP contribution in [0.25, 0.3) is 0 Å². The summed E-state index contributed by atoms with van der Waals surface area (Å²) >= 11 is 7.46. The van der Waals surface area contributed by atoms with Gasteiger partial charge in [0.1, 0.15) is 0 Å². The van der Waals surface area contributed by atoms with Crippen molar-refractivity contribution in [2.24, 2.45) is 0 Å². The monoisotopic (exact) mass is 324 g/mol. The smallest absolute Gasteiger partial charge is 0.215 e. The van der Waals surface area contributed by atoms with E-state index in [-0.39, 0.29) is 17.4 Å². The number of aromatic nitrogens is 1. The zero-order chi connectivity index (χ0) is 15.2. The first kappa shape index (κ1) is 15.9. The van der Waals surface area contributed by atoms with Crippen molar-refractivity contribution < 1.29 is 4.92 Å². The van der Waals surface area contributed by atoms with Crippen LogP contribution in [-0.2, 0) is 6.42 Å². The second-order valence-electron chi connectivity index (χ2n) is 4.88. The number of unbranched alkanes of at least 4 members (excludes halogenated alkanes) is 1. The number of benzene rings is 1. The third-order valence-electron chi connectivity index (χ3n) is 3.26. The summed E-state index contributed by atoms with van der Waals surface area (Å²) in [6.07, 6.45) is 4.92. The fourth-order valence-electron chi connectivity index (χ4n) is 2.13. The molecule has 1 heterocycles. The van der Waals surface area contributed by atoms with Gasteiger partial charge in [0.25, 0.3) is 0 Å². The molecule has 0 aliphatic heterocycles. The van der Waals surface area contributed by atoms with Gasteiger partial charge in [-0.1, -0.05) is 37.1 Å². The first-order valence-electron chi connectivity index (χ1n) is 6.92. The highest BCUT2D eigenvalue weighted by Gasteiger charge is 2.22. The Bertz CT molecular complexity index is 598. The van der Waals surface area contributed by atoms with Gasteiger partial charge in [0, 0.05) is 21.0 Å². The summed E-state index contributed by atoms with van der Waals surface area (Å²) in [7, 11) is 0. The fraction of sp³-hybridized carbons (Fsp3) is 0.400. The molecule has 1 aromatic heterocycles. The highest BCUT2D eigenvalue weighted by molar-refractivity contribution is 7.11. The van der Waals surface area contributed by atoms with Crippen molar-refractivity contribution >= 4 is 22.9 Å². The van der Waals surface area contributed by atoms with Crippen LogP contribution in [0.15, 0.2) is 30.5 Å². The highest BCUT2D eigenvalue weighted by atomic mass is 35.5. The molecule has 0 N–H and O–H groups in total. The van der Waals surface area contributed by atoms with Crippen LogP contribution >= 0.6 is 22.9 Å². The summed E-state index contributed by atoms with van der Waals surface area (Å²) in [6, 6.07) is 7.23. The molecule has 112 valence electrons. The van der Waals surface area contributed by atoms with E-state index in [1.807, 2.05) is 12.1 Å². The Labute approximate surface area is 132 Å². The lowest BCUT2D eigenvalue weighted by Gasteiger charge is -2.11. The molecule has 6 heteroatoms. The second kappa shape index (κ2) is 7.52. The molecule has 2 rings (SSSR count). The van der Waals surface area contributed by atoms with E-state index >= 15 is 0 Å². The molecule has 0 radical (unpaired) electrons. The minimum atomic E-state index is -0.273. The minimum Gasteiger partial charge on any atom is -0.265 e. The highest BCUT2D eigenvalue weighted by Crippen LogP contribution is 2.30. The van der Waals surface area contributed by atoms with Gasteiger partial charge >= 0.3 is 0 Å². The van der Waals surface area contributed by atoms with Crippen molar-refractivity contribution in [1.82, 2.24) is 4.98 Å². The summed E-state index contributed by atoms with van der Waals surface area (Å²) in [6.45, 7) is 2.01. The van der Waals surface area contributed by atoms with Crippen LogP contribution in [0.1, 0.15) is 41.1 Å². The molecule has 1 aromatic carbocycles. The Morgan fingerprint density at radius 3 is 2.71 bits per heavy atom. The van der Waals surface area contributed by atoms with Gasteiger partial charge in [0.15, 0.2) is 0 Å². The molecule has 4 nitrogen and oxygen atoms in total. The Morgan fingerprint density at radius 2 is 2.10 bits per heavy atom. The van der Waals surface area contributed by atoms with Gasteiger partial charge in [-0.25, -0.2) is 4.98 Å². The molecule has 0 aliphatic carbocycles. The predicted molar refractivity (Wildman–Crippen MR) is 85.9 cm³/mol. The van der Waals surface area contributed by atoms with E-state index < -0.39 is 0 Å². The third-order valence-corrected chi connectivity index (χ3v) is 4.69. The number of halogens is 1. The van der Waals surface area contributed by atoms with Crippen LogP contribution in [0, 0.1) is 10.1 Å². The summed E-state index contributed by atoms with van der Waals surface area (Å²) in [4.78, 5) is 16.0. The number of hydrogen-bond acceptors (Lipinski definition) is 4. The maximum Gasteiger partial charge on any atom is 0.215 e. The molecule has 0 amide bonds. The van der Waals surface area contributed by atoms with E-state index in [2.05, 4.69) is 11.9 Å². The lowest BCUT2D eigenvalue weighted by Crippen LogP contribution is -2.12. The first-order chi connectivity index (χ1) is 10.1. The number of aryl methyl sites for hydroxylation is 1. The van der Waals surface area contributed by atoms with E-state index in [9.17, 15) is 10.1 Å². The topological polar surface area (TPSA) is 56.0 Å². The number of rotatable bonds is 7. The van der Waals surface area contributed by atoms with Crippen molar-refractivity contribution in [1.29, 1.82) is 0 Å². The minimum absolute atomic E-state index is 0.128. The van der Waals surface area contributed by atoms with Crippen molar-refractivity contribution in [2.45, 2.75) is 32.1 Å². The van der Waals surface area contributed by atoms with E-state index in [1.54, 1.807) is 29.7 Å². The number of nitro groups is 1. The Hall–Kier alpha value is -1.46. The van der Waals surface area contributed by atoms with E-state index in [1.165, 1.54) is 0 Å². The Balaban J connectivity index is 2.25. The van der Waals surface area contributed by atoms with Crippen molar-refractivity contribution in [3.8, 4) is 0 Å². The molecule has 1 unspecified atom stereocenters. The van der Waals surface area contributed by atoms with E-state index in [4.69, 9.17) is 11.6 Å². The lowest BCUT2D eigenvalue weighted by atomic mass is 9.98. The average Bonchev–Trinajstić information content (AvgIpc) is 2.92. The predicted octanol–water partition coefficient (Wildman–Crippen LogP) is 4.55. The van der Waals surface area contributed by atoms with Gasteiger partial charge in [0.2, 0.25) is 6.54 Å². The zero-order valence-corrected chi connectivity index (χ0v) is 13.4. The van der Waals surface area contributed by atoms with Gasteiger partial charge in [-0.05, 0) is 30.5 Å². The molecular formula is C15H17ClN2O2S. The summed E-state index contributed by atoms with van der Waals surface area (Å²) in [5.41, 5.74) is 0.904. The van der Waals surface area contributed by atoms with Crippen molar-refractivity contribution in [3.05, 3.63) is 61.0 Å². The molecule has 21 heavy (non-hydrogen) atoms. The van der Waals surface area contributed by atoms with Gasteiger partial charge in [-0.15, -0.1) is 11.3 Å². The second-order valence-corrected chi connectivity index (χ2v) is 6.46. The van der Waals surface area contributed by atoms with Crippen LogP contribution < -0.4 is 0 Å². The maximum absolute atomic E-state index is 11.0. The molecule has 0 saturated carbocycles. The molecule has 2 aromatic rings. The summed E-state index contributed by atoms with van der Waals surface area (Å²) < 4.78 is 0. The molecule has 0 aliphatic rings. The van der Waals surface area contributed by atoms with Gasteiger partial charge < -0.3 is 0 Å². The Morgan fingerprint density at radius 1 is 1.38 bits per heavy atom. The molecule has 0 saturated heterocycles. The van der Waals surface area contributed by atoms with Gasteiger partial charge in [0.05, 0.1) is 10.9 Å². The molecular weight excluding hydrogens is 308 g/mol. The first-order valence-corrected chi connectivity index (χ1v) is 8.11. The van der Waals surface area contributed by atoms with Crippen LogP contribution in [0.3, 0.4) is 0 Å². The molecule has 0 bridgehead atoms. The molecule has 1 atom stereocenters. The number of hydrogen-bond donors (Lipinski definition) is 0. The number of nitrogens with zero attached hydrogens (tertiary/aromatic N) is 2. The van der Waals surface area contributed by atoms with Crippen LogP contribution in [0.2, 0.25) is 5.02 Å². The maximum atomic E-state index is 11.0. The van der Waals surface area contributed by atoms with Crippen molar-refractivity contribution in [2.75, 3.05) is 6.54 Å². The quantitative estimate of drug-likeness (QED) is 0.554. The van der Waals surface area contributed by atoms with E-state index in [0.29, 0.717) is 5.02 Å². The van der Waals surface area contributed by atoms with Crippen LogP contribution in [0.4, 0.5) is 0 Å². The summed E-state index contributed by atoms with van der Waals surface area (Å²) in [5.74, 6) is -0.259. The average molecular weight is 325 g/mol. The Kier molecular flexibility index (Phi) is 5.70. The van der Waals surface area contributed by atoms with Crippen LogP contribution in [0.5, 0.6) is 0 Å². The number of thiazole rings is 1. The standard InChI is InChI=1S/C15H17ClN2O2S/c1-2-3-4-15-17-9-14(21-15)13(10-18(19)20)11-5-7-12(16)8-6-11/h5-9,13H,2-4,10H2,1H3. The summed E-state index contributed by atoms with van der Waals surface area (Å²) in [5, 5.41) is 12.6. The third kappa shape index (κ3) is 4.51. The van der Waals surface area contributed by atoms with Gasteiger partial charge in [-0.2, -0.15) is 0 Å². The van der Waals surface area contributed by atoms with Crippen LogP contribution in [-0.4, -0.2) is 16.5 Å². The van der Waals surface area contributed by atoms with Gasteiger partial charge in [-0.3, -0.25) is 10.1 Å².